The Labute approximate surface area is 133 Å². The quantitative estimate of drug-likeness (QED) is 0.279. The summed E-state index contributed by atoms with van der Waals surface area (Å²) in [6.07, 6.45) is 4.44. The van der Waals surface area contributed by atoms with Crippen LogP contribution in [0.2, 0.25) is 0 Å². The predicted molar refractivity (Wildman–Crippen MR) is 86.2 cm³/mol. The van der Waals surface area contributed by atoms with E-state index in [1.165, 1.54) is 24.3 Å². The monoisotopic (exact) mass is 320 g/mol. The molecule has 0 fully saturated rings. The Hall–Kier alpha value is -2.58. The molecule has 1 aromatic carbocycles. The van der Waals surface area contributed by atoms with Crippen LogP contribution in [0, 0.1) is 10.1 Å². The van der Waals surface area contributed by atoms with Gasteiger partial charge in [-0.1, -0.05) is 18.6 Å². The molecule has 0 aromatic heterocycles. The molecule has 1 aromatic rings. The van der Waals surface area contributed by atoms with Gasteiger partial charge in [-0.25, -0.2) is 0 Å². The number of rotatable bonds is 8. The second-order valence-corrected chi connectivity index (χ2v) is 4.93. The van der Waals surface area contributed by atoms with Crippen LogP contribution in [0.15, 0.2) is 30.3 Å². The molecule has 0 radical (unpaired) electrons. The van der Waals surface area contributed by atoms with E-state index in [9.17, 15) is 19.7 Å². The maximum absolute atomic E-state index is 11.7. The number of benzene rings is 1. The Bertz CT molecular complexity index is 601. The first kappa shape index (κ1) is 18.5. The van der Waals surface area contributed by atoms with E-state index in [4.69, 9.17) is 11.5 Å². The van der Waals surface area contributed by atoms with Crippen molar-refractivity contribution in [2.24, 2.45) is 11.5 Å². The highest BCUT2D eigenvalue weighted by Gasteiger charge is 2.14. The van der Waals surface area contributed by atoms with E-state index in [1.807, 2.05) is 0 Å². The number of nitrogens with zero attached hydrogens (tertiary/aromatic N) is 1. The SMILES string of the molecule is NCCCC[C@H](N)C(=O)NC(=O)/C=C/c1cccc([N+](=O)[O-])c1. The van der Waals surface area contributed by atoms with Crippen molar-refractivity contribution < 1.29 is 14.5 Å². The molecule has 0 unspecified atom stereocenters. The number of unbranched alkanes of at least 4 members (excludes halogenated alkanes) is 1. The van der Waals surface area contributed by atoms with E-state index in [0.29, 0.717) is 24.9 Å². The highest BCUT2D eigenvalue weighted by Crippen LogP contribution is 2.13. The average Bonchev–Trinajstić information content (AvgIpc) is 2.53. The number of carbonyl (C=O) groups is 2. The summed E-state index contributed by atoms with van der Waals surface area (Å²) in [7, 11) is 0. The lowest BCUT2D eigenvalue weighted by molar-refractivity contribution is -0.384. The first-order valence-electron chi connectivity index (χ1n) is 7.17. The second kappa shape index (κ2) is 9.44. The zero-order valence-corrected chi connectivity index (χ0v) is 12.6. The molecular formula is C15H20N4O4. The maximum Gasteiger partial charge on any atom is 0.270 e. The normalized spacial score (nSPS) is 12.1. The van der Waals surface area contributed by atoms with Crippen LogP contribution < -0.4 is 16.8 Å². The number of nitro groups is 1. The molecule has 0 spiro atoms. The number of nitrogens with one attached hydrogen (secondary N) is 1. The lowest BCUT2D eigenvalue weighted by Crippen LogP contribution is -2.42. The van der Waals surface area contributed by atoms with Gasteiger partial charge >= 0.3 is 0 Å². The fourth-order valence-corrected chi connectivity index (χ4v) is 1.81. The van der Waals surface area contributed by atoms with Gasteiger partial charge in [-0.2, -0.15) is 0 Å². The summed E-state index contributed by atoms with van der Waals surface area (Å²) in [5.41, 5.74) is 11.4. The number of nitrogens with two attached hydrogens (primary N) is 2. The third kappa shape index (κ3) is 6.81. The van der Waals surface area contributed by atoms with Gasteiger partial charge in [0, 0.05) is 18.2 Å². The summed E-state index contributed by atoms with van der Waals surface area (Å²) >= 11 is 0. The molecular weight excluding hydrogens is 300 g/mol. The van der Waals surface area contributed by atoms with Gasteiger partial charge in [-0.15, -0.1) is 0 Å². The van der Waals surface area contributed by atoms with Gasteiger partial charge in [-0.05, 0) is 31.0 Å². The lowest BCUT2D eigenvalue weighted by Gasteiger charge is -2.09. The van der Waals surface area contributed by atoms with Gasteiger partial charge in [0.1, 0.15) is 0 Å². The van der Waals surface area contributed by atoms with Crippen molar-refractivity contribution in [3.8, 4) is 0 Å². The molecule has 0 aliphatic rings. The van der Waals surface area contributed by atoms with Crippen LogP contribution in [-0.4, -0.2) is 29.3 Å². The van der Waals surface area contributed by atoms with E-state index in [2.05, 4.69) is 5.32 Å². The Kier molecular flexibility index (Phi) is 7.58. The molecule has 2 amide bonds. The fraction of sp³-hybridized carbons (Fsp3) is 0.333. The van der Waals surface area contributed by atoms with Gasteiger partial charge in [0.25, 0.3) is 11.6 Å². The zero-order chi connectivity index (χ0) is 17.2. The fourth-order valence-electron chi connectivity index (χ4n) is 1.81. The summed E-state index contributed by atoms with van der Waals surface area (Å²) < 4.78 is 0. The molecule has 0 saturated heterocycles. The van der Waals surface area contributed by atoms with Crippen molar-refractivity contribution in [1.82, 2.24) is 5.32 Å². The van der Waals surface area contributed by atoms with Crippen molar-refractivity contribution in [2.75, 3.05) is 6.54 Å². The minimum atomic E-state index is -0.767. The van der Waals surface area contributed by atoms with Crippen LogP contribution in [0.4, 0.5) is 5.69 Å². The van der Waals surface area contributed by atoms with E-state index in [-0.39, 0.29) is 5.69 Å². The van der Waals surface area contributed by atoms with Crippen LogP contribution in [0.3, 0.4) is 0 Å². The molecule has 0 aliphatic heterocycles. The van der Waals surface area contributed by atoms with Crippen LogP contribution in [0.1, 0.15) is 24.8 Å². The zero-order valence-electron chi connectivity index (χ0n) is 12.6. The predicted octanol–water partition coefficient (Wildman–Crippen LogP) is 0.707. The van der Waals surface area contributed by atoms with Crippen molar-refractivity contribution in [3.63, 3.8) is 0 Å². The minimum absolute atomic E-state index is 0.0782. The van der Waals surface area contributed by atoms with E-state index in [0.717, 1.165) is 12.5 Å². The van der Waals surface area contributed by atoms with Gasteiger partial charge in [-0.3, -0.25) is 25.0 Å². The number of hydrogen-bond acceptors (Lipinski definition) is 6. The third-order valence-electron chi connectivity index (χ3n) is 3.06. The van der Waals surface area contributed by atoms with Crippen molar-refractivity contribution in [1.29, 1.82) is 0 Å². The average molecular weight is 320 g/mol. The lowest BCUT2D eigenvalue weighted by atomic mass is 10.1. The van der Waals surface area contributed by atoms with Gasteiger partial charge in [0.2, 0.25) is 5.91 Å². The van der Waals surface area contributed by atoms with Crippen LogP contribution in [0.5, 0.6) is 0 Å². The van der Waals surface area contributed by atoms with Crippen LogP contribution in [-0.2, 0) is 9.59 Å². The molecule has 0 heterocycles. The van der Waals surface area contributed by atoms with Crippen molar-refractivity contribution in [3.05, 3.63) is 46.0 Å². The van der Waals surface area contributed by atoms with Gasteiger partial charge < -0.3 is 11.5 Å². The van der Waals surface area contributed by atoms with Crippen LogP contribution in [0.25, 0.3) is 6.08 Å². The minimum Gasteiger partial charge on any atom is -0.330 e. The Morgan fingerprint density at radius 3 is 2.74 bits per heavy atom. The largest absolute Gasteiger partial charge is 0.330 e. The molecule has 1 atom stereocenters. The summed E-state index contributed by atoms with van der Waals surface area (Å²) in [5, 5.41) is 12.8. The Morgan fingerprint density at radius 1 is 1.35 bits per heavy atom. The highest BCUT2D eigenvalue weighted by molar-refractivity contribution is 6.04. The Morgan fingerprint density at radius 2 is 2.09 bits per heavy atom. The smallest absolute Gasteiger partial charge is 0.270 e. The van der Waals surface area contributed by atoms with E-state index >= 15 is 0 Å². The van der Waals surface area contributed by atoms with E-state index < -0.39 is 22.8 Å². The summed E-state index contributed by atoms with van der Waals surface area (Å²) in [4.78, 5) is 33.5. The molecule has 0 bridgehead atoms. The number of amides is 2. The van der Waals surface area contributed by atoms with Crippen molar-refractivity contribution >= 4 is 23.6 Å². The standard InChI is InChI=1S/C15H20N4O4/c16-9-2-1-6-13(17)15(21)18-14(20)8-7-11-4-3-5-12(10-11)19(22)23/h3-5,7-8,10,13H,1-2,6,9,16-17H2,(H,18,20,21)/b8-7+/t13-/m0/s1. The van der Waals surface area contributed by atoms with Gasteiger partial charge in [0.15, 0.2) is 0 Å². The van der Waals surface area contributed by atoms with Crippen molar-refractivity contribution in [2.45, 2.75) is 25.3 Å². The van der Waals surface area contributed by atoms with E-state index in [1.54, 1.807) is 6.07 Å². The summed E-state index contributed by atoms with van der Waals surface area (Å²) in [5.74, 6) is -1.19. The summed E-state index contributed by atoms with van der Waals surface area (Å²) in [6, 6.07) is 5.02. The molecule has 124 valence electrons. The molecule has 5 N–H and O–H groups in total. The van der Waals surface area contributed by atoms with Crippen LogP contribution >= 0.6 is 0 Å². The molecule has 0 saturated carbocycles. The second-order valence-electron chi connectivity index (χ2n) is 4.93. The first-order chi connectivity index (χ1) is 10.9. The maximum atomic E-state index is 11.7. The number of imide groups is 1. The molecule has 23 heavy (non-hydrogen) atoms. The number of non-ortho nitro benzene ring substituents is 1. The molecule has 8 heteroatoms. The first-order valence-corrected chi connectivity index (χ1v) is 7.17. The number of nitro benzene ring substituents is 1. The Balaban J connectivity index is 2.54. The third-order valence-corrected chi connectivity index (χ3v) is 3.06. The number of hydrogen-bond donors (Lipinski definition) is 3. The molecule has 8 nitrogen and oxygen atoms in total. The summed E-state index contributed by atoms with van der Waals surface area (Å²) in [6.45, 7) is 0.527. The molecule has 0 aliphatic carbocycles. The molecule has 1 rings (SSSR count). The number of carbonyl (C=O) groups excluding carboxylic acids is 2. The van der Waals surface area contributed by atoms with Gasteiger partial charge in [0.05, 0.1) is 11.0 Å². The highest BCUT2D eigenvalue weighted by atomic mass is 16.6. The topological polar surface area (TPSA) is 141 Å².